The second-order valence-corrected chi connectivity index (χ2v) is 8.06. The van der Waals surface area contributed by atoms with Crippen LogP contribution in [-0.2, 0) is 19.6 Å². The maximum atomic E-state index is 12.4. The van der Waals surface area contributed by atoms with Crippen molar-refractivity contribution >= 4 is 27.5 Å². The Morgan fingerprint density at radius 3 is 2.84 bits per heavy atom. The van der Waals surface area contributed by atoms with Crippen LogP contribution in [0.3, 0.4) is 0 Å². The van der Waals surface area contributed by atoms with Crippen molar-refractivity contribution < 1.29 is 18.0 Å². The maximum Gasteiger partial charge on any atom is 0.238 e. The van der Waals surface area contributed by atoms with Gasteiger partial charge in [0.1, 0.15) is 0 Å². The Morgan fingerprint density at radius 1 is 1.36 bits per heavy atom. The zero-order valence-electron chi connectivity index (χ0n) is 13.8. The molecule has 4 N–H and O–H groups in total. The van der Waals surface area contributed by atoms with E-state index in [9.17, 15) is 18.0 Å². The molecule has 0 aliphatic carbocycles. The number of carbonyl (C=O) groups is 2. The smallest absolute Gasteiger partial charge is 0.238 e. The highest BCUT2D eigenvalue weighted by molar-refractivity contribution is 7.89. The minimum absolute atomic E-state index is 0.0565. The number of nitrogens with two attached hydrogens (primary N) is 1. The van der Waals surface area contributed by atoms with Crippen LogP contribution in [0.2, 0.25) is 0 Å². The van der Waals surface area contributed by atoms with Gasteiger partial charge < -0.3 is 15.5 Å². The van der Waals surface area contributed by atoms with E-state index in [-0.39, 0.29) is 35.7 Å². The van der Waals surface area contributed by atoms with E-state index in [1.807, 2.05) is 0 Å². The molecule has 136 valence electrons. The summed E-state index contributed by atoms with van der Waals surface area (Å²) in [6, 6.07) is 6.00. The predicted octanol–water partition coefficient (Wildman–Crippen LogP) is -0.445. The molecule has 25 heavy (non-hydrogen) atoms. The Morgan fingerprint density at radius 2 is 2.16 bits per heavy atom. The van der Waals surface area contributed by atoms with E-state index >= 15 is 0 Å². The third-order valence-corrected chi connectivity index (χ3v) is 5.51. The van der Waals surface area contributed by atoms with Crippen LogP contribution < -0.4 is 20.7 Å². The van der Waals surface area contributed by atoms with Crippen molar-refractivity contribution in [1.82, 2.24) is 10.6 Å². The molecule has 0 radical (unpaired) electrons. The molecule has 0 aromatic heterocycles. The fraction of sp³-hybridized carbons (Fsp3) is 0.500. The predicted molar refractivity (Wildman–Crippen MR) is 92.3 cm³/mol. The van der Waals surface area contributed by atoms with Crippen molar-refractivity contribution in [2.75, 3.05) is 24.5 Å². The Balaban J connectivity index is 1.69. The summed E-state index contributed by atoms with van der Waals surface area (Å²) < 4.78 is 23.0. The molecule has 0 saturated carbocycles. The van der Waals surface area contributed by atoms with Crippen molar-refractivity contribution in [2.24, 2.45) is 11.1 Å². The SMILES string of the molecule is NS(=O)(=O)c1cccc(N2CC(C(=O)N[C@H]3CCCNC3)CC2=O)c1. The second-order valence-electron chi connectivity index (χ2n) is 6.50. The number of amides is 2. The summed E-state index contributed by atoms with van der Waals surface area (Å²) in [5, 5.41) is 11.4. The highest BCUT2D eigenvalue weighted by atomic mass is 32.2. The van der Waals surface area contributed by atoms with Gasteiger partial charge in [-0.05, 0) is 37.6 Å². The van der Waals surface area contributed by atoms with Crippen LogP contribution in [0.25, 0.3) is 0 Å². The van der Waals surface area contributed by atoms with Gasteiger partial charge in [0, 0.05) is 31.2 Å². The monoisotopic (exact) mass is 366 g/mol. The zero-order valence-corrected chi connectivity index (χ0v) is 14.6. The van der Waals surface area contributed by atoms with Gasteiger partial charge >= 0.3 is 0 Å². The number of piperidine rings is 1. The van der Waals surface area contributed by atoms with Crippen molar-refractivity contribution in [3.63, 3.8) is 0 Å². The summed E-state index contributed by atoms with van der Waals surface area (Å²) >= 11 is 0. The lowest BCUT2D eigenvalue weighted by Gasteiger charge is -2.25. The van der Waals surface area contributed by atoms with Crippen molar-refractivity contribution in [3.05, 3.63) is 24.3 Å². The molecule has 2 heterocycles. The summed E-state index contributed by atoms with van der Waals surface area (Å²) in [6.45, 7) is 1.94. The van der Waals surface area contributed by atoms with E-state index in [0.717, 1.165) is 25.9 Å². The second kappa shape index (κ2) is 7.11. The number of hydrogen-bond acceptors (Lipinski definition) is 5. The molecule has 3 rings (SSSR count). The van der Waals surface area contributed by atoms with Gasteiger partial charge in [-0.1, -0.05) is 6.07 Å². The maximum absolute atomic E-state index is 12.4. The summed E-state index contributed by atoms with van der Waals surface area (Å²) in [7, 11) is -3.85. The summed E-state index contributed by atoms with van der Waals surface area (Å²) in [5.41, 5.74) is 0.436. The topological polar surface area (TPSA) is 122 Å². The van der Waals surface area contributed by atoms with Gasteiger partial charge in [-0.15, -0.1) is 0 Å². The molecule has 0 bridgehead atoms. The standard InChI is InChI=1S/C16H22N4O4S/c17-25(23,24)14-5-1-4-13(8-14)20-10-11(7-15(20)21)16(22)19-12-3-2-6-18-9-12/h1,4-5,8,11-12,18H,2-3,6-7,9-10H2,(H,19,22)(H2,17,23,24)/t11?,12-/m0/s1. The number of primary sulfonamides is 1. The van der Waals surface area contributed by atoms with E-state index in [0.29, 0.717) is 5.69 Å². The fourth-order valence-electron chi connectivity index (χ4n) is 3.26. The van der Waals surface area contributed by atoms with Crippen molar-refractivity contribution in [3.8, 4) is 0 Å². The van der Waals surface area contributed by atoms with E-state index in [2.05, 4.69) is 10.6 Å². The minimum Gasteiger partial charge on any atom is -0.352 e. The van der Waals surface area contributed by atoms with Gasteiger partial charge in [0.2, 0.25) is 21.8 Å². The molecule has 2 atom stereocenters. The molecule has 1 unspecified atom stereocenters. The lowest BCUT2D eigenvalue weighted by Crippen LogP contribution is -2.47. The Bertz CT molecular complexity index is 774. The molecular formula is C16H22N4O4S. The normalized spacial score (nSPS) is 24.4. The van der Waals surface area contributed by atoms with Gasteiger partial charge in [-0.3, -0.25) is 9.59 Å². The summed E-state index contributed by atoms with van der Waals surface area (Å²) in [5.74, 6) is -0.770. The number of anilines is 1. The van der Waals surface area contributed by atoms with E-state index in [1.165, 1.54) is 23.1 Å². The molecule has 8 nitrogen and oxygen atoms in total. The van der Waals surface area contributed by atoms with Crippen LogP contribution in [-0.4, -0.2) is 45.9 Å². The molecule has 2 aliphatic rings. The third kappa shape index (κ3) is 4.17. The summed E-state index contributed by atoms with van der Waals surface area (Å²) in [6.07, 6.45) is 2.06. The fourth-order valence-corrected chi connectivity index (χ4v) is 3.81. The van der Waals surface area contributed by atoms with Gasteiger partial charge in [-0.2, -0.15) is 0 Å². The number of rotatable bonds is 4. The first-order valence-electron chi connectivity index (χ1n) is 8.29. The molecule has 2 fully saturated rings. The minimum atomic E-state index is -3.85. The van der Waals surface area contributed by atoms with E-state index in [4.69, 9.17) is 5.14 Å². The highest BCUT2D eigenvalue weighted by Gasteiger charge is 2.36. The summed E-state index contributed by atoms with van der Waals surface area (Å²) in [4.78, 5) is 26.1. The van der Waals surface area contributed by atoms with Crippen molar-refractivity contribution in [2.45, 2.75) is 30.2 Å². The molecule has 2 saturated heterocycles. The first-order chi connectivity index (χ1) is 11.8. The van der Waals surface area contributed by atoms with Crippen LogP contribution in [0.4, 0.5) is 5.69 Å². The molecule has 1 aromatic rings. The largest absolute Gasteiger partial charge is 0.352 e. The van der Waals surface area contributed by atoms with Crippen LogP contribution in [0, 0.1) is 5.92 Å². The average molecular weight is 366 g/mol. The lowest BCUT2D eigenvalue weighted by molar-refractivity contribution is -0.127. The van der Waals surface area contributed by atoms with Gasteiger partial charge in [-0.25, -0.2) is 13.6 Å². The molecule has 9 heteroatoms. The number of sulfonamides is 1. The van der Waals surface area contributed by atoms with Gasteiger partial charge in [0.05, 0.1) is 10.8 Å². The third-order valence-electron chi connectivity index (χ3n) is 4.60. The molecule has 0 spiro atoms. The Labute approximate surface area is 146 Å². The number of carbonyl (C=O) groups excluding carboxylic acids is 2. The lowest BCUT2D eigenvalue weighted by atomic mass is 10.0. The quantitative estimate of drug-likeness (QED) is 0.667. The van der Waals surface area contributed by atoms with Gasteiger partial charge in [0.25, 0.3) is 0 Å². The average Bonchev–Trinajstić information content (AvgIpc) is 2.97. The van der Waals surface area contributed by atoms with Crippen LogP contribution >= 0.6 is 0 Å². The Kier molecular flexibility index (Phi) is 5.07. The van der Waals surface area contributed by atoms with Crippen molar-refractivity contribution in [1.29, 1.82) is 0 Å². The van der Waals surface area contributed by atoms with Gasteiger partial charge in [0.15, 0.2) is 0 Å². The number of nitrogens with zero attached hydrogens (tertiary/aromatic N) is 1. The van der Waals surface area contributed by atoms with E-state index < -0.39 is 15.9 Å². The molecule has 1 aromatic carbocycles. The molecule has 2 amide bonds. The van der Waals surface area contributed by atoms with E-state index in [1.54, 1.807) is 6.07 Å². The first-order valence-corrected chi connectivity index (χ1v) is 9.83. The first kappa shape index (κ1) is 17.8. The van der Waals surface area contributed by atoms with Crippen LogP contribution in [0.15, 0.2) is 29.2 Å². The number of hydrogen-bond donors (Lipinski definition) is 3. The zero-order chi connectivity index (χ0) is 18.0. The Hall–Kier alpha value is -1.97. The number of benzene rings is 1. The highest BCUT2D eigenvalue weighted by Crippen LogP contribution is 2.27. The van der Waals surface area contributed by atoms with Crippen LogP contribution in [0.5, 0.6) is 0 Å². The molecule has 2 aliphatic heterocycles. The number of nitrogens with one attached hydrogen (secondary N) is 2. The van der Waals surface area contributed by atoms with Crippen LogP contribution in [0.1, 0.15) is 19.3 Å². The molecular weight excluding hydrogens is 344 g/mol.